The lowest BCUT2D eigenvalue weighted by atomic mass is 10.1. The zero-order chi connectivity index (χ0) is 14.0. The van der Waals surface area contributed by atoms with E-state index in [1.54, 1.807) is 7.05 Å². The minimum absolute atomic E-state index is 0.0583. The Labute approximate surface area is 107 Å². The Morgan fingerprint density at radius 2 is 2.26 bits per heavy atom. The van der Waals surface area contributed by atoms with Crippen LogP contribution in [0.25, 0.3) is 0 Å². The summed E-state index contributed by atoms with van der Waals surface area (Å²) in [6.07, 6.45) is 1.33. The summed E-state index contributed by atoms with van der Waals surface area (Å²) in [4.78, 5) is 23.0. The summed E-state index contributed by atoms with van der Waals surface area (Å²) < 4.78 is 16.0. The van der Waals surface area contributed by atoms with Crippen molar-refractivity contribution in [2.75, 3.05) is 0 Å². The van der Waals surface area contributed by atoms with Crippen LogP contribution in [0.15, 0.2) is 29.3 Å². The van der Waals surface area contributed by atoms with Gasteiger partial charge >= 0.3 is 5.69 Å². The molecule has 0 aliphatic heterocycles. The van der Waals surface area contributed by atoms with Gasteiger partial charge in [-0.2, -0.15) is 5.10 Å². The van der Waals surface area contributed by atoms with E-state index in [1.807, 2.05) is 5.43 Å². The number of rotatable bonds is 3. The summed E-state index contributed by atoms with van der Waals surface area (Å²) in [5, 5.41) is 3.82. The summed E-state index contributed by atoms with van der Waals surface area (Å²) in [5.74, 6) is 3.95. The fourth-order valence-corrected chi connectivity index (χ4v) is 1.61. The molecule has 2 rings (SSSR count). The van der Waals surface area contributed by atoms with Crippen LogP contribution in [0.2, 0.25) is 0 Å². The normalized spacial score (nSPS) is 10.5. The van der Waals surface area contributed by atoms with Crippen molar-refractivity contribution in [1.29, 1.82) is 0 Å². The standard InChI is InChI=1S/C11H12FN5O2/c1-16-6-14-17(11(16)19)5-8-4-7(10(18)15-13)2-3-9(8)12/h2-4,6H,5,13H2,1H3,(H,15,18). The maximum absolute atomic E-state index is 13.6. The van der Waals surface area contributed by atoms with Crippen LogP contribution in [0.4, 0.5) is 4.39 Å². The van der Waals surface area contributed by atoms with Crippen molar-refractivity contribution < 1.29 is 9.18 Å². The highest BCUT2D eigenvalue weighted by molar-refractivity contribution is 5.93. The van der Waals surface area contributed by atoms with E-state index in [4.69, 9.17) is 5.84 Å². The first-order chi connectivity index (χ1) is 9.02. The number of amides is 1. The van der Waals surface area contributed by atoms with Crippen molar-refractivity contribution in [1.82, 2.24) is 19.8 Å². The largest absolute Gasteiger partial charge is 0.345 e. The van der Waals surface area contributed by atoms with Crippen LogP contribution in [0.3, 0.4) is 0 Å². The first-order valence-electron chi connectivity index (χ1n) is 5.40. The molecule has 0 saturated heterocycles. The summed E-state index contributed by atoms with van der Waals surface area (Å²) in [6.45, 7) is -0.0583. The fourth-order valence-electron chi connectivity index (χ4n) is 1.61. The Morgan fingerprint density at radius 3 is 2.84 bits per heavy atom. The third-order valence-corrected chi connectivity index (χ3v) is 2.65. The molecule has 0 bridgehead atoms. The monoisotopic (exact) mass is 265 g/mol. The Bertz CT molecular complexity index is 676. The van der Waals surface area contributed by atoms with Gasteiger partial charge < -0.3 is 0 Å². The summed E-state index contributed by atoms with van der Waals surface area (Å²) in [6, 6.07) is 3.79. The van der Waals surface area contributed by atoms with Crippen LogP contribution in [-0.2, 0) is 13.6 Å². The number of aryl methyl sites for hydroxylation is 1. The Balaban J connectivity index is 2.37. The van der Waals surface area contributed by atoms with E-state index in [0.717, 1.165) is 10.7 Å². The van der Waals surface area contributed by atoms with Gasteiger partial charge in [-0.05, 0) is 18.2 Å². The predicted octanol–water partition coefficient (Wildman–Crippen LogP) is -0.627. The molecule has 0 radical (unpaired) electrons. The third-order valence-electron chi connectivity index (χ3n) is 2.65. The third kappa shape index (κ3) is 2.52. The number of carbonyl (C=O) groups is 1. The van der Waals surface area contributed by atoms with E-state index >= 15 is 0 Å². The van der Waals surface area contributed by atoms with Crippen molar-refractivity contribution >= 4 is 5.91 Å². The van der Waals surface area contributed by atoms with Gasteiger partial charge in [-0.3, -0.25) is 14.8 Å². The number of nitrogens with two attached hydrogens (primary N) is 1. The number of hydrazine groups is 1. The van der Waals surface area contributed by atoms with Gasteiger partial charge in [-0.1, -0.05) is 0 Å². The molecule has 7 nitrogen and oxygen atoms in total. The molecule has 0 fully saturated rings. The van der Waals surface area contributed by atoms with Crippen LogP contribution in [0.1, 0.15) is 15.9 Å². The first-order valence-corrected chi connectivity index (χ1v) is 5.40. The van der Waals surface area contributed by atoms with Crippen molar-refractivity contribution in [3.63, 3.8) is 0 Å². The molecule has 2 aromatic rings. The summed E-state index contributed by atoms with van der Waals surface area (Å²) in [7, 11) is 1.54. The minimum atomic E-state index is -0.533. The second kappa shape index (κ2) is 5.02. The van der Waals surface area contributed by atoms with Crippen molar-refractivity contribution in [2.24, 2.45) is 12.9 Å². The number of carbonyl (C=O) groups excluding carboxylic acids is 1. The maximum atomic E-state index is 13.6. The molecule has 8 heteroatoms. The number of benzene rings is 1. The van der Waals surface area contributed by atoms with Crippen molar-refractivity contribution in [3.8, 4) is 0 Å². The molecule has 0 unspecified atom stereocenters. The zero-order valence-electron chi connectivity index (χ0n) is 10.1. The van der Waals surface area contributed by atoms with Crippen molar-refractivity contribution in [2.45, 2.75) is 6.54 Å². The summed E-state index contributed by atoms with van der Waals surface area (Å²) >= 11 is 0. The van der Waals surface area contributed by atoms with E-state index in [0.29, 0.717) is 0 Å². The number of halogens is 1. The van der Waals surface area contributed by atoms with Gasteiger partial charge in [0.1, 0.15) is 12.1 Å². The number of nitrogens with one attached hydrogen (secondary N) is 1. The van der Waals surface area contributed by atoms with Gasteiger partial charge in [0.15, 0.2) is 0 Å². The molecule has 100 valence electrons. The van der Waals surface area contributed by atoms with Gasteiger partial charge in [-0.15, -0.1) is 0 Å². The Kier molecular flexibility index (Phi) is 3.43. The Hall–Kier alpha value is -2.48. The first kappa shape index (κ1) is 13.0. The highest BCUT2D eigenvalue weighted by Crippen LogP contribution is 2.11. The number of nitrogens with zero attached hydrogens (tertiary/aromatic N) is 3. The molecular formula is C11H12FN5O2. The molecule has 1 amide bonds. The van der Waals surface area contributed by atoms with Crippen LogP contribution in [0.5, 0.6) is 0 Å². The predicted molar refractivity (Wildman–Crippen MR) is 64.6 cm³/mol. The summed E-state index contributed by atoms with van der Waals surface area (Å²) in [5.41, 5.74) is 1.98. The number of aromatic nitrogens is 3. The van der Waals surface area contributed by atoms with Crippen molar-refractivity contribution in [3.05, 3.63) is 52.0 Å². The van der Waals surface area contributed by atoms with Gasteiger partial charge in [0.2, 0.25) is 0 Å². The second-order valence-electron chi connectivity index (χ2n) is 3.96. The van der Waals surface area contributed by atoms with E-state index in [-0.39, 0.29) is 23.4 Å². The van der Waals surface area contributed by atoms with E-state index in [9.17, 15) is 14.0 Å². The minimum Gasteiger partial charge on any atom is -0.290 e. The zero-order valence-corrected chi connectivity index (χ0v) is 10.1. The van der Waals surface area contributed by atoms with Crippen LogP contribution < -0.4 is 17.0 Å². The van der Waals surface area contributed by atoms with Crippen LogP contribution in [-0.4, -0.2) is 20.3 Å². The SMILES string of the molecule is Cn1cnn(Cc2cc(C(=O)NN)ccc2F)c1=O. The second-order valence-corrected chi connectivity index (χ2v) is 3.96. The Morgan fingerprint density at radius 1 is 1.53 bits per heavy atom. The molecular weight excluding hydrogens is 253 g/mol. The maximum Gasteiger partial charge on any atom is 0.345 e. The lowest BCUT2D eigenvalue weighted by Crippen LogP contribution is -2.30. The average Bonchev–Trinajstić information content (AvgIpc) is 2.72. The molecule has 3 N–H and O–H groups in total. The molecule has 0 aliphatic carbocycles. The lowest BCUT2D eigenvalue weighted by Gasteiger charge is -2.05. The van der Waals surface area contributed by atoms with Gasteiger partial charge in [0.05, 0.1) is 6.54 Å². The highest BCUT2D eigenvalue weighted by Gasteiger charge is 2.11. The molecule has 0 aliphatic rings. The number of nitrogen functional groups attached to an aromatic ring is 1. The smallest absolute Gasteiger partial charge is 0.290 e. The van der Waals surface area contributed by atoms with E-state index in [2.05, 4.69) is 5.10 Å². The van der Waals surface area contributed by atoms with Crippen LogP contribution >= 0.6 is 0 Å². The quantitative estimate of drug-likeness (QED) is 0.439. The molecule has 1 aromatic heterocycles. The average molecular weight is 265 g/mol. The number of hydrogen-bond donors (Lipinski definition) is 2. The highest BCUT2D eigenvalue weighted by atomic mass is 19.1. The number of hydrogen-bond acceptors (Lipinski definition) is 4. The van der Waals surface area contributed by atoms with E-state index < -0.39 is 11.7 Å². The van der Waals surface area contributed by atoms with E-state index in [1.165, 1.54) is 23.0 Å². The van der Waals surface area contributed by atoms with Gasteiger partial charge in [-0.25, -0.2) is 19.7 Å². The van der Waals surface area contributed by atoms with Gasteiger partial charge in [0, 0.05) is 18.2 Å². The topological polar surface area (TPSA) is 94.9 Å². The molecule has 1 aromatic carbocycles. The fraction of sp³-hybridized carbons (Fsp3) is 0.182. The lowest BCUT2D eigenvalue weighted by molar-refractivity contribution is 0.0953. The van der Waals surface area contributed by atoms with Gasteiger partial charge in [0.25, 0.3) is 5.91 Å². The molecule has 0 atom stereocenters. The molecule has 0 spiro atoms. The molecule has 19 heavy (non-hydrogen) atoms. The van der Waals surface area contributed by atoms with Crippen LogP contribution in [0, 0.1) is 5.82 Å². The molecule has 1 heterocycles. The molecule has 0 saturated carbocycles.